The highest BCUT2D eigenvalue weighted by Crippen LogP contribution is 2.26. The van der Waals surface area contributed by atoms with Gasteiger partial charge < -0.3 is 19.9 Å². The highest BCUT2D eigenvalue weighted by atomic mass is 16.6. The summed E-state index contributed by atoms with van der Waals surface area (Å²) in [7, 11) is 0. The topological polar surface area (TPSA) is 79.0 Å². The van der Waals surface area contributed by atoms with E-state index in [2.05, 4.69) is 5.32 Å². The van der Waals surface area contributed by atoms with Gasteiger partial charge in [0, 0.05) is 32.6 Å². The molecular weight excluding hydrogens is 394 g/mol. The van der Waals surface area contributed by atoms with E-state index in [1.807, 2.05) is 56.9 Å². The van der Waals surface area contributed by atoms with Gasteiger partial charge in [-0.1, -0.05) is 29.8 Å². The van der Waals surface area contributed by atoms with Crippen LogP contribution >= 0.6 is 0 Å². The zero-order valence-corrected chi connectivity index (χ0v) is 19.1. The summed E-state index contributed by atoms with van der Waals surface area (Å²) in [5.41, 5.74) is 1.68. The Morgan fingerprint density at radius 3 is 2.55 bits per heavy atom. The molecule has 0 aliphatic carbocycles. The molecule has 1 aromatic carbocycles. The molecule has 7 heteroatoms. The molecule has 2 atom stereocenters. The first-order valence-electron chi connectivity index (χ1n) is 11.2. The lowest BCUT2D eigenvalue weighted by molar-refractivity contribution is -0.143. The summed E-state index contributed by atoms with van der Waals surface area (Å²) in [4.78, 5) is 41.3. The first-order chi connectivity index (χ1) is 14.6. The molecule has 3 amide bonds. The number of aryl methyl sites for hydroxylation is 1. The molecule has 2 heterocycles. The third kappa shape index (κ3) is 6.45. The number of alkyl carbamates (subject to hydrolysis) is 1. The van der Waals surface area contributed by atoms with Gasteiger partial charge in [0.05, 0.1) is 0 Å². The van der Waals surface area contributed by atoms with Crippen LogP contribution in [0.25, 0.3) is 0 Å². The molecule has 0 aromatic heterocycles. The third-order valence-corrected chi connectivity index (χ3v) is 5.85. The molecule has 7 nitrogen and oxygen atoms in total. The number of carbonyl (C=O) groups excluding carboxylic acids is 3. The number of nitrogens with one attached hydrogen (secondary N) is 1. The van der Waals surface area contributed by atoms with Gasteiger partial charge in [-0.15, -0.1) is 0 Å². The molecule has 1 unspecified atom stereocenters. The fourth-order valence-corrected chi connectivity index (χ4v) is 4.26. The molecule has 0 spiro atoms. The lowest BCUT2D eigenvalue weighted by Gasteiger charge is -2.36. The van der Waals surface area contributed by atoms with Gasteiger partial charge in [-0.3, -0.25) is 9.59 Å². The molecular formula is C24H35N3O4. The van der Waals surface area contributed by atoms with Crippen LogP contribution in [-0.2, 0) is 20.9 Å². The fraction of sp³-hybridized carbons (Fsp3) is 0.625. The number of likely N-dealkylation sites (tertiary alicyclic amines) is 2. The van der Waals surface area contributed by atoms with Gasteiger partial charge in [0.2, 0.25) is 11.8 Å². The van der Waals surface area contributed by atoms with Crippen molar-refractivity contribution < 1.29 is 19.1 Å². The number of piperidine rings is 1. The lowest BCUT2D eigenvalue weighted by Crippen LogP contribution is -2.51. The van der Waals surface area contributed by atoms with Gasteiger partial charge in [0.1, 0.15) is 11.6 Å². The molecule has 2 fully saturated rings. The van der Waals surface area contributed by atoms with Crippen LogP contribution in [0.2, 0.25) is 0 Å². The summed E-state index contributed by atoms with van der Waals surface area (Å²) in [5, 5.41) is 2.83. The van der Waals surface area contributed by atoms with Crippen LogP contribution in [-0.4, -0.2) is 59.0 Å². The molecule has 2 aliphatic rings. The molecule has 3 rings (SSSR count). The summed E-state index contributed by atoms with van der Waals surface area (Å²) >= 11 is 0. The van der Waals surface area contributed by atoms with Gasteiger partial charge in [-0.2, -0.15) is 0 Å². The quantitative estimate of drug-likeness (QED) is 0.779. The second-order valence-corrected chi connectivity index (χ2v) is 9.74. The molecule has 1 N–H and O–H groups in total. The van der Waals surface area contributed by atoms with Crippen LogP contribution in [0.1, 0.15) is 57.6 Å². The second kappa shape index (κ2) is 9.71. The van der Waals surface area contributed by atoms with Crippen molar-refractivity contribution in [2.75, 3.05) is 19.6 Å². The van der Waals surface area contributed by atoms with Crippen LogP contribution in [0.4, 0.5) is 4.79 Å². The van der Waals surface area contributed by atoms with E-state index in [-0.39, 0.29) is 17.7 Å². The average Bonchev–Trinajstić information content (AvgIpc) is 3.07. The largest absolute Gasteiger partial charge is 0.444 e. The summed E-state index contributed by atoms with van der Waals surface area (Å²) in [6.07, 6.45) is 2.41. The van der Waals surface area contributed by atoms with E-state index >= 15 is 0 Å². The van der Waals surface area contributed by atoms with Crippen LogP contribution < -0.4 is 5.32 Å². The van der Waals surface area contributed by atoms with Gasteiger partial charge in [0.25, 0.3) is 0 Å². The molecule has 0 saturated carbocycles. The highest BCUT2D eigenvalue weighted by molar-refractivity contribution is 5.91. The Hall–Kier alpha value is -2.57. The van der Waals surface area contributed by atoms with E-state index in [0.29, 0.717) is 39.0 Å². The number of ether oxygens (including phenoxy) is 1. The Morgan fingerprint density at radius 1 is 1.16 bits per heavy atom. The number of hydrogen-bond donors (Lipinski definition) is 1. The molecule has 31 heavy (non-hydrogen) atoms. The second-order valence-electron chi connectivity index (χ2n) is 9.74. The summed E-state index contributed by atoms with van der Waals surface area (Å²) in [6.45, 7) is 9.77. The van der Waals surface area contributed by atoms with Crippen molar-refractivity contribution in [3.05, 3.63) is 35.4 Å². The SMILES string of the molecule is Cc1ccc(CN2C(=O)CC[C@H]2C(=O)N2CCCC(CNC(=O)OC(C)(C)C)C2)cc1. The lowest BCUT2D eigenvalue weighted by atomic mass is 9.97. The summed E-state index contributed by atoms with van der Waals surface area (Å²) < 4.78 is 5.30. The zero-order valence-electron chi connectivity index (χ0n) is 19.1. The van der Waals surface area contributed by atoms with Gasteiger partial charge in [-0.25, -0.2) is 4.79 Å². The van der Waals surface area contributed by atoms with Gasteiger partial charge in [0.15, 0.2) is 0 Å². The molecule has 1 aromatic rings. The fourth-order valence-electron chi connectivity index (χ4n) is 4.26. The Balaban J connectivity index is 1.57. The number of nitrogens with zero attached hydrogens (tertiary/aromatic N) is 2. The molecule has 0 radical (unpaired) electrons. The summed E-state index contributed by atoms with van der Waals surface area (Å²) in [6, 6.07) is 7.69. The number of rotatable bonds is 5. The van der Waals surface area contributed by atoms with Crippen LogP contribution in [0, 0.1) is 12.8 Å². The minimum atomic E-state index is -0.533. The molecule has 2 aliphatic heterocycles. The Morgan fingerprint density at radius 2 is 1.87 bits per heavy atom. The van der Waals surface area contributed by atoms with Crippen LogP contribution in [0.3, 0.4) is 0 Å². The summed E-state index contributed by atoms with van der Waals surface area (Å²) in [5.74, 6) is 0.256. The number of hydrogen-bond acceptors (Lipinski definition) is 4. The standard InChI is InChI=1S/C24H35N3O4/c1-17-7-9-18(10-8-17)16-27-20(11-12-21(27)28)22(29)26-13-5-6-19(15-26)14-25-23(30)31-24(2,3)4/h7-10,19-20H,5-6,11-16H2,1-4H3,(H,25,30)/t19?,20-/m0/s1. The van der Waals surface area contributed by atoms with Crippen molar-refractivity contribution >= 4 is 17.9 Å². The normalized spacial score (nSPS) is 21.9. The first kappa shape index (κ1) is 23.1. The average molecular weight is 430 g/mol. The smallest absolute Gasteiger partial charge is 0.407 e. The predicted molar refractivity (Wildman–Crippen MR) is 118 cm³/mol. The van der Waals surface area contributed by atoms with Crippen molar-refractivity contribution in [1.82, 2.24) is 15.1 Å². The van der Waals surface area contributed by atoms with E-state index in [1.54, 1.807) is 4.90 Å². The maximum absolute atomic E-state index is 13.3. The highest BCUT2D eigenvalue weighted by Gasteiger charge is 2.39. The maximum atomic E-state index is 13.3. The van der Waals surface area contributed by atoms with Crippen molar-refractivity contribution in [1.29, 1.82) is 0 Å². The first-order valence-corrected chi connectivity index (χ1v) is 11.2. The van der Waals surface area contributed by atoms with E-state index in [4.69, 9.17) is 4.74 Å². The maximum Gasteiger partial charge on any atom is 0.407 e. The van der Waals surface area contributed by atoms with Crippen molar-refractivity contribution in [3.63, 3.8) is 0 Å². The molecule has 0 bridgehead atoms. The molecule has 2 saturated heterocycles. The minimum absolute atomic E-state index is 0.0277. The Labute approximate surface area is 185 Å². The van der Waals surface area contributed by atoms with Gasteiger partial charge in [-0.05, 0) is 58.4 Å². The van der Waals surface area contributed by atoms with Crippen LogP contribution in [0.5, 0.6) is 0 Å². The van der Waals surface area contributed by atoms with E-state index in [1.165, 1.54) is 5.56 Å². The monoisotopic (exact) mass is 429 g/mol. The zero-order chi connectivity index (χ0) is 22.6. The Bertz CT molecular complexity index is 800. The predicted octanol–water partition coefficient (Wildman–Crippen LogP) is 3.25. The van der Waals surface area contributed by atoms with E-state index < -0.39 is 17.7 Å². The minimum Gasteiger partial charge on any atom is -0.444 e. The van der Waals surface area contributed by atoms with Crippen molar-refractivity contribution in [2.24, 2.45) is 5.92 Å². The van der Waals surface area contributed by atoms with Crippen molar-refractivity contribution in [2.45, 2.75) is 71.6 Å². The van der Waals surface area contributed by atoms with Gasteiger partial charge >= 0.3 is 6.09 Å². The number of amides is 3. The van der Waals surface area contributed by atoms with E-state index in [9.17, 15) is 14.4 Å². The third-order valence-electron chi connectivity index (χ3n) is 5.85. The Kier molecular flexibility index (Phi) is 7.23. The molecule has 170 valence electrons. The number of carbonyl (C=O) groups is 3. The van der Waals surface area contributed by atoms with Crippen LogP contribution in [0.15, 0.2) is 24.3 Å². The number of benzene rings is 1. The van der Waals surface area contributed by atoms with E-state index in [0.717, 1.165) is 18.4 Å². The van der Waals surface area contributed by atoms with Crippen molar-refractivity contribution in [3.8, 4) is 0 Å².